The molecule has 3 aliphatic rings. The zero-order chi connectivity index (χ0) is 42.8. The van der Waals surface area contributed by atoms with Crippen molar-refractivity contribution in [3.05, 3.63) is 68.7 Å². The molecule has 324 valence electrons. The number of anilines is 1. The Morgan fingerprint density at radius 3 is 1.86 bits per heavy atom. The van der Waals surface area contributed by atoms with E-state index in [0.717, 1.165) is 5.56 Å². The van der Waals surface area contributed by atoms with Crippen LogP contribution in [-0.2, 0) is 29.0 Å². The Kier molecular flexibility index (Phi) is 14.8. The van der Waals surface area contributed by atoms with E-state index in [1.165, 1.54) is 18.2 Å². The number of sulfonamides is 1. The quantitative estimate of drug-likeness (QED) is 0.0849. The van der Waals surface area contributed by atoms with Crippen LogP contribution in [0.5, 0.6) is 0 Å². The maximum absolute atomic E-state index is 12.5. The highest BCUT2D eigenvalue weighted by Gasteiger charge is 2.51. The number of hydrogen-bond donors (Lipinski definition) is 14. The average Bonchev–Trinajstić information content (AvgIpc) is 3.18. The summed E-state index contributed by atoms with van der Waals surface area (Å²) in [7, 11) is -3.82. The average molecular weight is 844 g/mol. The van der Waals surface area contributed by atoms with Gasteiger partial charge < -0.3 is 87.6 Å². The topological polar surface area (TPSA) is 394 Å². The first-order chi connectivity index (χ1) is 27.3. The van der Waals surface area contributed by atoms with Gasteiger partial charge in [0, 0.05) is 24.3 Å². The van der Waals surface area contributed by atoms with Gasteiger partial charge in [-0.15, -0.1) is 0 Å². The van der Waals surface area contributed by atoms with Crippen molar-refractivity contribution >= 4 is 26.7 Å². The number of aromatic nitrogens is 2. The summed E-state index contributed by atoms with van der Waals surface area (Å²) in [4.78, 5) is 27.4. The van der Waals surface area contributed by atoms with Crippen molar-refractivity contribution < 1.29 is 63.1 Å². The van der Waals surface area contributed by atoms with E-state index in [0.29, 0.717) is 17.1 Å². The minimum absolute atomic E-state index is 0.0179. The second-order valence-corrected chi connectivity index (χ2v) is 16.5. The van der Waals surface area contributed by atoms with Gasteiger partial charge in [-0.3, -0.25) is 14.3 Å². The summed E-state index contributed by atoms with van der Waals surface area (Å²) >= 11 is 0. The van der Waals surface area contributed by atoms with Gasteiger partial charge >= 0.3 is 11.1 Å². The number of rotatable bonds is 10. The van der Waals surface area contributed by atoms with E-state index in [-0.39, 0.29) is 23.4 Å². The van der Waals surface area contributed by atoms with Gasteiger partial charge in [0.15, 0.2) is 12.6 Å². The minimum Gasteiger partial charge on any atom is -0.394 e. The van der Waals surface area contributed by atoms with Gasteiger partial charge in [-0.25, -0.2) is 8.42 Å². The Morgan fingerprint density at radius 1 is 0.759 bits per heavy atom. The molecule has 2 aromatic carbocycles. The van der Waals surface area contributed by atoms with Crippen LogP contribution < -0.4 is 38.8 Å². The molecule has 18 N–H and O–H groups in total. The van der Waals surface area contributed by atoms with Crippen LogP contribution in [-0.4, -0.2) is 159 Å². The highest BCUT2D eigenvalue weighted by atomic mass is 32.2. The van der Waals surface area contributed by atoms with Crippen molar-refractivity contribution in [2.45, 2.75) is 123 Å². The van der Waals surface area contributed by atoms with Crippen LogP contribution in [0.2, 0.25) is 0 Å². The number of ether oxygens (including phenoxy) is 4. The third kappa shape index (κ3) is 9.93. The molecule has 0 bridgehead atoms. The molecule has 22 nitrogen and oxygen atoms in total. The molecular weight excluding hydrogens is 790 g/mol. The third-order valence-electron chi connectivity index (χ3n) is 10.3. The van der Waals surface area contributed by atoms with Gasteiger partial charge in [-0.05, 0) is 48.2 Å². The van der Waals surface area contributed by atoms with Crippen molar-refractivity contribution in [1.29, 1.82) is 0 Å². The van der Waals surface area contributed by atoms with Crippen LogP contribution in [0, 0.1) is 0 Å². The zero-order valence-electron chi connectivity index (χ0n) is 31.5. The highest BCUT2D eigenvalue weighted by Crippen LogP contribution is 2.31. The molecule has 3 aromatic rings. The Labute approximate surface area is 331 Å². The number of aliphatic hydroxyl groups excluding tert-OH is 7. The standard InChI is InChI=1S/C18H36N4O11.C17H17N3O4S/c19-2-6-10(25)12(27)13(28)18(30-6)33-16-5(21)1-4(20)15(14(16)29)32-17-11(26)8(22)9(24)7(3-23)31-17;1-10(2)11-3-5-12(6-4-11)20-25(23,24)13-7-8-14-15(9-13)19-17(22)16(21)18-14/h4-18,23-29H,1-3,19-22H2;3-10,20H,1-2H3,(H,18,21)(H,19,22)/t4-,5+,6-,7-,8+,9-,10-,11-,12+,13-,14-,15+,16-,17-,18-;/m1./s1. The monoisotopic (exact) mass is 843 g/mol. The maximum Gasteiger partial charge on any atom is 0.314 e. The number of fused-ring (bicyclic) bond motifs is 1. The van der Waals surface area contributed by atoms with Gasteiger partial charge in [-0.2, -0.15) is 0 Å². The molecule has 58 heavy (non-hydrogen) atoms. The van der Waals surface area contributed by atoms with Crippen LogP contribution in [0.4, 0.5) is 5.69 Å². The van der Waals surface area contributed by atoms with Gasteiger partial charge in [0.1, 0.15) is 61.0 Å². The van der Waals surface area contributed by atoms with Crippen LogP contribution >= 0.6 is 0 Å². The van der Waals surface area contributed by atoms with Crippen molar-refractivity contribution in [3.8, 4) is 0 Å². The highest BCUT2D eigenvalue weighted by molar-refractivity contribution is 7.92. The van der Waals surface area contributed by atoms with E-state index in [9.17, 15) is 53.8 Å². The van der Waals surface area contributed by atoms with Crippen molar-refractivity contribution in [1.82, 2.24) is 9.97 Å². The van der Waals surface area contributed by atoms with Crippen LogP contribution in [0.1, 0.15) is 31.7 Å². The molecule has 1 aliphatic carbocycles. The predicted molar refractivity (Wildman–Crippen MR) is 204 cm³/mol. The number of aromatic amines is 2. The predicted octanol–water partition coefficient (Wildman–Crippen LogP) is -5.15. The van der Waals surface area contributed by atoms with Gasteiger partial charge in [0.25, 0.3) is 10.0 Å². The molecule has 1 aromatic heterocycles. The summed E-state index contributed by atoms with van der Waals surface area (Å²) in [6.45, 7) is 3.35. The molecule has 1 saturated carbocycles. The van der Waals surface area contributed by atoms with E-state index >= 15 is 0 Å². The molecular formula is C35H53N7O15S. The largest absolute Gasteiger partial charge is 0.394 e. The fourth-order valence-corrected chi connectivity index (χ4v) is 7.90. The van der Waals surface area contributed by atoms with E-state index in [4.69, 9.17) is 41.9 Å². The molecule has 0 amide bonds. The van der Waals surface area contributed by atoms with Crippen molar-refractivity contribution in [2.24, 2.45) is 22.9 Å². The number of H-pyrrole nitrogens is 2. The van der Waals surface area contributed by atoms with E-state index in [1.807, 2.05) is 12.1 Å². The number of hydrogen-bond acceptors (Lipinski definition) is 19. The first kappa shape index (κ1) is 45.6. The van der Waals surface area contributed by atoms with E-state index in [2.05, 4.69) is 28.5 Å². The van der Waals surface area contributed by atoms with E-state index in [1.54, 1.807) is 12.1 Å². The Hall–Kier alpha value is -3.47. The molecule has 0 spiro atoms. The lowest BCUT2D eigenvalue weighted by Crippen LogP contribution is -2.68. The van der Waals surface area contributed by atoms with Crippen molar-refractivity contribution in [3.63, 3.8) is 0 Å². The summed E-state index contributed by atoms with van der Waals surface area (Å²) in [5.41, 5.74) is 24.0. The molecule has 2 saturated heterocycles. The van der Waals surface area contributed by atoms with Crippen LogP contribution in [0.3, 0.4) is 0 Å². The summed E-state index contributed by atoms with van der Waals surface area (Å²) < 4.78 is 49.8. The van der Waals surface area contributed by atoms with E-state index < -0.39 is 119 Å². The second-order valence-electron chi connectivity index (χ2n) is 14.8. The fourth-order valence-electron chi connectivity index (χ4n) is 6.81. The molecule has 3 heterocycles. The fraction of sp³-hybridized carbons (Fsp3) is 0.600. The molecule has 0 radical (unpaired) electrons. The Balaban J connectivity index is 0.000000229. The lowest BCUT2D eigenvalue weighted by atomic mass is 9.84. The number of benzene rings is 2. The van der Waals surface area contributed by atoms with Gasteiger partial charge in [-0.1, -0.05) is 26.0 Å². The lowest BCUT2D eigenvalue weighted by Gasteiger charge is -2.48. The van der Waals surface area contributed by atoms with Gasteiger partial charge in [0.05, 0.1) is 28.6 Å². The Bertz CT molecular complexity index is 2000. The summed E-state index contributed by atoms with van der Waals surface area (Å²) in [6.07, 6.45) is -16.5. The molecule has 15 atom stereocenters. The Morgan fingerprint density at radius 2 is 1.31 bits per heavy atom. The summed E-state index contributed by atoms with van der Waals surface area (Å²) in [5.74, 6) is 0.352. The first-order valence-corrected chi connectivity index (χ1v) is 19.9. The molecule has 6 rings (SSSR count). The molecule has 23 heteroatoms. The zero-order valence-corrected chi connectivity index (χ0v) is 32.3. The third-order valence-corrected chi connectivity index (χ3v) is 11.7. The number of aliphatic hydroxyl groups is 7. The van der Waals surface area contributed by atoms with Crippen LogP contribution in [0.25, 0.3) is 11.0 Å². The van der Waals surface area contributed by atoms with Crippen LogP contribution in [0.15, 0.2) is 56.9 Å². The normalized spacial score (nSPS) is 35.7. The minimum atomic E-state index is -3.82. The smallest absolute Gasteiger partial charge is 0.314 e. The first-order valence-electron chi connectivity index (χ1n) is 18.4. The maximum atomic E-state index is 12.5. The summed E-state index contributed by atoms with van der Waals surface area (Å²) in [5, 5.41) is 70.9. The second kappa shape index (κ2) is 18.8. The number of nitrogens with two attached hydrogens (primary N) is 4. The summed E-state index contributed by atoms with van der Waals surface area (Å²) in [6, 6.07) is 8.37. The SMILES string of the molecule is CC(C)c1ccc(NS(=O)(=O)c2ccc3[nH]c(=O)c(=O)[nH]c3c2)cc1.NC[C@H]1O[C@H](O[C@H]2[C@H](O)[C@@H](O[C@H]3O[C@H](CO)[C@@H](O)[C@H](N)[C@H]3O)[C@H](N)C[C@@H]2N)[C@H](O)[C@@H](O)[C@@H]1O. The number of nitrogens with one attached hydrogen (secondary N) is 3. The van der Waals surface area contributed by atoms with Crippen molar-refractivity contribution in [2.75, 3.05) is 17.9 Å². The van der Waals surface area contributed by atoms with Gasteiger partial charge in [0.2, 0.25) is 0 Å². The molecule has 0 unspecified atom stereocenters. The lowest BCUT2D eigenvalue weighted by molar-refractivity contribution is -0.332. The molecule has 3 fully saturated rings. The molecule has 2 aliphatic heterocycles.